The molecular formula is C23H21FN4OS2. The van der Waals surface area contributed by atoms with Crippen molar-refractivity contribution in [1.82, 2.24) is 9.97 Å². The van der Waals surface area contributed by atoms with Crippen LogP contribution in [0.25, 0.3) is 11.3 Å². The van der Waals surface area contributed by atoms with Gasteiger partial charge in [-0.05, 0) is 68.0 Å². The third kappa shape index (κ3) is 4.94. The maximum Gasteiger partial charge on any atom is 0.239 e. The van der Waals surface area contributed by atoms with E-state index in [1.54, 1.807) is 19.1 Å². The van der Waals surface area contributed by atoms with Crippen LogP contribution < -0.4 is 5.32 Å². The summed E-state index contributed by atoms with van der Waals surface area (Å²) in [6.45, 7) is 4.00. The molecule has 0 spiro atoms. The van der Waals surface area contributed by atoms with Crippen LogP contribution in [0.15, 0.2) is 40.7 Å². The Morgan fingerprint density at radius 2 is 2.13 bits per heavy atom. The fourth-order valence-corrected chi connectivity index (χ4v) is 5.13. The van der Waals surface area contributed by atoms with Crippen LogP contribution in [0.2, 0.25) is 0 Å². The Bertz CT molecular complexity index is 1150. The van der Waals surface area contributed by atoms with Crippen LogP contribution in [-0.2, 0) is 17.6 Å². The lowest BCUT2D eigenvalue weighted by atomic mass is 9.87. The zero-order valence-corrected chi connectivity index (χ0v) is 18.8. The number of halogens is 1. The van der Waals surface area contributed by atoms with Gasteiger partial charge < -0.3 is 5.32 Å². The molecule has 0 bridgehead atoms. The van der Waals surface area contributed by atoms with E-state index in [1.807, 2.05) is 11.4 Å². The monoisotopic (exact) mass is 452 g/mol. The van der Waals surface area contributed by atoms with Gasteiger partial charge in [-0.25, -0.2) is 14.4 Å². The number of hydrogen-bond donors (Lipinski definition) is 1. The van der Waals surface area contributed by atoms with Gasteiger partial charge in [0.05, 0.1) is 16.5 Å². The molecule has 1 aromatic carbocycles. The van der Waals surface area contributed by atoms with Gasteiger partial charge in [-0.15, -0.1) is 11.3 Å². The molecular weight excluding hydrogens is 431 g/mol. The highest BCUT2D eigenvalue weighted by Gasteiger charge is 2.23. The fraction of sp³-hybridized carbons (Fsp3) is 0.304. The van der Waals surface area contributed by atoms with Gasteiger partial charge >= 0.3 is 0 Å². The molecule has 0 aliphatic heterocycles. The van der Waals surface area contributed by atoms with Gasteiger partial charge in [0.15, 0.2) is 5.13 Å². The molecule has 5 nitrogen and oxygen atoms in total. The number of rotatable bonds is 5. The first-order chi connectivity index (χ1) is 14.9. The van der Waals surface area contributed by atoms with Crippen molar-refractivity contribution in [3.63, 3.8) is 0 Å². The maximum atomic E-state index is 13.1. The van der Waals surface area contributed by atoms with E-state index in [-0.39, 0.29) is 11.7 Å². The van der Waals surface area contributed by atoms with Crippen molar-refractivity contribution >= 4 is 34.1 Å². The maximum absolute atomic E-state index is 13.1. The molecule has 0 saturated heterocycles. The number of amides is 1. The van der Waals surface area contributed by atoms with E-state index >= 15 is 0 Å². The van der Waals surface area contributed by atoms with Crippen LogP contribution in [-0.4, -0.2) is 21.1 Å². The van der Waals surface area contributed by atoms with Crippen molar-refractivity contribution in [3.05, 3.63) is 58.3 Å². The normalized spacial score (nSPS) is 16.3. The number of aromatic nitrogens is 2. The number of nitrogens with zero attached hydrogens (tertiary/aromatic N) is 3. The van der Waals surface area contributed by atoms with Gasteiger partial charge in [0.25, 0.3) is 0 Å². The molecule has 2 atom stereocenters. The van der Waals surface area contributed by atoms with Crippen LogP contribution >= 0.6 is 23.1 Å². The minimum Gasteiger partial charge on any atom is -0.301 e. The van der Waals surface area contributed by atoms with E-state index in [4.69, 9.17) is 4.98 Å². The van der Waals surface area contributed by atoms with Crippen molar-refractivity contribution in [2.45, 2.75) is 43.4 Å². The topological polar surface area (TPSA) is 78.7 Å². The number of hydrogen-bond acceptors (Lipinski definition) is 6. The number of thioether (sulfide) groups is 1. The largest absolute Gasteiger partial charge is 0.301 e. The molecule has 1 amide bonds. The lowest BCUT2D eigenvalue weighted by Gasteiger charge is -2.22. The number of carbonyl (C=O) groups is 1. The van der Waals surface area contributed by atoms with Crippen LogP contribution in [0.5, 0.6) is 0 Å². The smallest absolute Gasteiger partial charge is 0.239 e. The first-order valence-corrected chi connectivity index (χ1v) is 11.8. The van der Waals surface area contributed by atoms with Gasteiger partial charge in [-0.1, -0.05) is 18.7 Å². The molecule has 1 N–H and O–H groups in total. The lowest BCUT2D eigenvalue weighted by Crippen LogP contribution is -2.23. The molecule has 0 fully saturated rings. The predicted octanol–water partition coefficient (Wildman–Crippen LogP) is 5.46. The predicted molar refractivity (Wildman–Crippen MR) is 122 cm³/mol. The summed E-state index contributed by atoms with van der Waals surface area (Å²) in [7, 11) is 0. The summed E-state index contributed by atoms with van der Waals surface area (Å²) in [6.07, 6.45) is 2.94. The molecule has 2 heterocycles. The van der Waals surface area contributed by atoms with Crippen molar-refractivity contribution < 1.29 is 9.18 Å². The van der Waals surface area contributed by atoms with Crippen LogP contribution in [0.4, 0.5) is 9.52 Å². The molecule has 31 heavy (non-hydrogen) atoms. The fourth-order valence-electron chi connectivity index (χ4n) is 3.51. The van der Waals surface area contributed by atoms with E-state index in [0.29, 0.717) is 27.3 Å². The highest BCUT2D eigenvalue weighted by atomic mass is 32.2. The lowest BCUT2D eigenvalue weighted by molar-refractivity contribution is -0.115. The second-order valence-electron chi connectivity index (χ2n) is 7.70. The molecule has 1 aliphatic rings. The van der Waals surface area contributed by atoms with E-state index in [1.165, 1.54) is 35.2 Å². The Morgan fingerprint density at radius 3 is 2.87 bits per heavy atom. The molecule has 2 aromatic heterocycles. The number of pyridine rings is 1. The Hall–Kier alpha value is -2.76. The summed E-state index contributed by atoms with van der Waals surface area (Å²) in [5.41, 5.74) is 4.17. The summed E-state index contributed by atoms with van der Waals surface area (Å²) in [6, 6.07) is 10.2. The average molecular weight is 453 g/mol. The summed E-state index contributed by atoms with van der Waals surface area (Å²) >= 11 is 2.60. The van der Waals surface area contributed by atoms with Gasteiger partial charge in [-0.3, -0.25) is 4.79 Å². The van der Waals surface area contributed by atoms with Gasteiger partial charge in [0.2, 0.25) is 5.91 Å². The third-order valence-corrected chi connectivity index (χ3v) is 7.11. The molecule has 0 saturated carbocycles. The summed E-state index contributed by atoms with van der Waals surface area (Å²) < 4.78 is 13.1. The number of carbonyl (C=O) groups excluding carboxylic acids is 1. The van der Waals surface area contributed by atoms with Gasteiger partial charge in [-0.2, -0.15) is 5.26 Å². The molecule has 3 aromatic rings. The molecule has 1 aliphatic carbocycles. The zero-order chi connectivity index (χ0) is 22.0. The SMILES string of the molecule is CC1CCc2nc(SC(C)C(=O)Nc3nc(-c4ccc(F)cc4)cs3)c(C#N)cc2C1. The Labute approximate surface area is 188 Å². The average Bonchev–Trinajstić information content (AvgIpc) is 3.22. The van der Waals surface area contributed by atoms with Crippen molar-refractivity contribution in [1.29, 1.82) is 5.26 Å². The molecule has 0 radical (unpaired) electrons. The number of benzene rings is 1. The van der Waals surface area contributed by atoms with E-state index in [0.717, 1.165) is 36.1 Å². The summed E-state index contributed by atoms with van der Waals surface area (Å²) in [5, 5.41) is 14.8. The van der Waals surface area contributed by atoms with Gasteiger partial charge in [0.1, 0.15) is 16.9 Å². The van der Waals surface area contributed by atoms with Crippen molar-refractivity contribution in [2.24, 2.45) is 5.92 Å². The second kappa shape index (κ2) is 9.16. The minimum absolute atomic E-state index is 0.206. The third-order valence-electron chi connectivity index (χ3n) is 5.25. The van der Waals surface area contributed by atoms with Crippen molar-refractivity contribution in [2.75, 3.05) is 5.32 Å². The van der Waals surface area contributed by atoms with E-state index < -0.39 is 5.25 Å². The molecule has 4 rings (SSSR count). The Kier molecular flexibility index (Phi) is 6.35. The number of fused-ring (bicyclic) bond motifs is 1. The number of nitrogens with one attached hydrogen (secondary N) is 1. The minimum atomic E-state index is -0.446. The highest BCUT2D eigenvalue weighted by Crippen LogP contribution is 2.32. The second-order valence-corrected chi connectivity index (χ2v) is 9.89. The quantitative estimate of drug-likeness (QED) is 0.520. The number of thiazole rings is 1. The summed E-state index contributed by atoms with van der Waals surface area (Å²) in [5.74, 6) is 0.0876. The first-order valence-electron chi connectivity index (χ1n) is 10.0. The van der Waals surface area contributed by atoms with Crippen molar-refractivity contribution in [3.8, 4) is 17.3 Å². The highest BCUT2D eigenvalue weighted by molar-refractivity contribution is 8.00. The Morgan fingerprint density at radius 1 is 1.35 bits per heavy atom. The summed E-state index contributed by atoms with van der Waals surface area (Å²) in [4.78, 5) is 21.9. The van der Waals surface area contributed by atoms with Crippen LogP contribution in [0, 0.1) is 23.1 Å². The number of nitriles is 1. The zero-order valence-electron chi connectivity index (χ0n) is 17.2. The molecule has 2 unspecified atom stereocenters. The standard InChI is InChI=1S/C23H21FN4OS2/c1-13-3-8-19-16(9-13)10-17(11-25)22(26-19)31-14(2)21(29)28-23-27-20(12-30-23)15-4-6-18(24)7-5-15/h4-7,10,12-14H,3,8-9H2,1-2H3,(H,27,28,29). The molecule has 8 heteroatoms. The molecule has 158 valence electrons. The number of aryl methyl sites for hydroxylation is 1. The Balaban J connectivity index is 1.45. The van der Waals surface area contributed by atoms with Crippen LogP contribution in [0.3, 0.4) is 0 Å². The van der Waals surface area contributed by atoms with E-state index in [2.05, 4.69) is 23.3 Å². The van der Waals surface area contributed by atoms with Crippen LogP contribution in [0.1, 0.15) is 37.1 Å². The number of anilines is 1. The van der Waals surface area contributed by atoms with Gasteiger partial charge in [0, 0.05) is 16.6 Å². The van der Waals surface area contributed by atoms with E-state index in [9.17, 15) is 14.4 Å². The first kappa shape index (κ1) is 21.5.